The summed E-state index contributed by atoms with van der Waals surface area (Å²) in [6.45, 7) is 6.89. The maximum atomic E-state index is 11.7. The van der Waals surface area contributed by atoms with Crippen LogP contribution in [0.4, 0.5) is 5.69 Å². The summed E-state index contributed by atoms with van der Waals surface area (Å²) in [5.74, 6) is -0.120. The average molecular weight is 262 g/mol. The third-order valence-electron chi connectivity index (χ3n) is 3.29. The number of pyridine rings is 1. The minimum absolute atomic E-state index is 0.120. The molecule has 104 valence electrons. The van der Waals surface area contributed by atoms with Gasteiger partial charge in [0.15, 0.2) is 0 Å². The topological polar surface area (TPSA) is 57.3 Å². The first-order valence-corrected chi connectivity index (χ1v) is 7.00. The number of anilines is 1. The van der Waals surface area contributed by atoms with E-state index in [1.54, 1.807) is 12.3 Å². The molecule has 0 aliphatic carbocycles. The predicted molar refractivity (Wildman–Crippen MR) is 76.4 cm³/mol. The molecule has 2 rings (SSSR count). The Kier molecular flexibility index (Phi) is 5.15. The van der Waals surface area contributed by atoms with Crippen LogP contribution >= 0.6 is 0 Å². The van der Waals surface area contributed by atoms with E-state index in [4.69, 9.17) is 0 Å². The Labute approximate surface area is 114 Å². The number of carbonyl (C=O) groups is 1. The summed E-state index contributed by atoms with van der Waals surface area (Å²) in [6.07, 6.45) is 4.30. The average Bonchev–Trinajstić information content (AvgIpc) is 2.93. The highest BCUT2D eigenvalue weighted by Crippen LogP contribution is 2.09. The molecular weight excluding hydrogens is 240 g/mol. The summed E-state index contributed by atoms with van der Waals surface area (Å²) in [4.78, 5) is 18.2. The van der Waals surface area contributed by atoms with E-state index < -0.39 is 0 Å². The lowest BCUT2D eigenvalue weighted by molar-refractivity contribution is 0.0951. The minimum atomic E-state index is -0.120. The molecule has 1 aliphatic rings. The van der Waals surface area contributed by atoms with Crippen molar-refractivity contribution in [1.82, 2.24) is 15.2 Å². The summed E-state index contributed by atoms with van der Waals surface area (Å²) >= 11 is 0. The van der Waals surface area contributed by atoms with Gasteiger partial charge in [-0.05, 0) is 45.0 Å². The largest absolute Gasteiger partial charge is 0.384 e. The minimum Gasteiger partial charge on any atom is -0.384 e. The maximum Gasteiger partial charge on any atom is 0.269 e. The van der Waals surface area contributed by atoms with Crippen LogP contribution in [0, 0.1) is 0 Å². The fourth-order valence-corrected chi connectivity index (χ4v) is 2.28. The van der Waals surface area contributed by atoms with Crippen molar-refractivity contribution in [2.24, 2.45) is 0 Å². The van der Waals surface area contributed by atoms with Crippen LogP contribution < -0.4 is 10.6 Å². The number of hydrogen-bond donors (Lipinski definition) is 2. The van der Waals surface area contributed by atoms with Crippen molar-refractivity contribution in [3.8, 4) is 0 Å². The summed E-state index contributed by atoms with van der Waals surface area (Å²) in [5.41, 5.74) is 1.42. The van der Waals surface area contributed by atoms with Gasteiger partial charge in [-0.2, -0.15) is 0 Å². The van der Waals surface area contributed by atoms with E-state index in [0.717, 1.165) is 18.8 Å². The van der Waals surface area contributed by atoms with Crippen LogP contribution in [0.2, 0.25) is 0 Å². The van der Waals surface area contributed by atoms with E-state index in [1.165, 1.54) is 25.9 Å². The van der Waals surface area contributed by atoms with E-state index in [1.807, 2.05) is 13.0 Å². The molecule has 5 heteroatoms. The summed E-state index contributed by atoms with van der Waals surface area (Å²) in [6, 6.07) is 3.70. The molecule has 2 N–H and O–H groups in total. The van der Waals surface area contributed by atoms with Crippen LogP contribution in [0.25, 0.3) is 0 Å². The van der Waals surface area contributed by atoms with Gasteiger partial charge >= 0.3 is 0 Å². The number of nitrogens with one attached hydrogen (secondary N) is 2. The Morgan fingerprint density at radius 2 is 2.21 bits per heavy atom. The van der Waals surface area contributed by atoms with Crippen LogP contribution in [0.3, 0.4) is 0 Å². The van der Waals surface area contributed by atoms with Crippen molar-refractivity contribution in [3.05, 3.63) is 24.0 Å². The Bertz CT molecular complexity index is 416. The van der Waals surface area contributed by atoms with Crippen LogP contribution in [-0.2, 0) is 0 Å². The van der Waals surface area contributed by atoms with Gasteiger partial charge < -0.3 is 15.5 Å². The zero-order valence-electron chi connectivity index (χ0n) is 11.5. The number of likely N-dealkylation sites (tertiary alicyclic amines) is 1. The van der Waals surface area contributed by atoms with Crippen molar-refractivity contribution in [3.63, 3.8) is 0 Å². The molecule has 1 aromatic heterocycles. The number of rotatable bonds is 6. The van der Waals surface area contributed by atoms with Crippen LogP contribution in [0.1, 0.15) is 30.3 Å². The zero-order valence-corrected chi connectivity index (χ0v) is 11.5. The van der Waals surface area contributed by atoms with Gasteiger partial charge in [0.2, 0.25) is 0 Å². The van der Waals surface area contributed by atoms with E-state index in [2.05, 4.69) is 20.5 Å². The Morgan fingerprint density at radius 3 is 2.95 bits per heavy atom. The monoisotopic (exact) mass is 262 g/mol. The Hall–Kier alpha value is -1.62. The van der Waals surface area contributed by atoms with Gasteiger partial charge in [0.25, 0.3) is 5.91 Å². The van der Waals surface area contributed by atoms with Gasteiger partial charge in [-0.3, -0.25) is 9.78 Å². The molecule has 1 aromatic rings. The van der Waals surface area contributed by atoms with Gasteiger partial charge in [0, 0.05) is 31.5 Å². The normalized spacial score (nSPS) is 15.4. The number of hydrogen-bond acceptors (Lipinski definition) is 4. The highest BCUT2D eigenvalue weighted by Gasteiger charge is 2.10. The van der Waals surface area contributed by atoms with E-state index in [9.17, 15) is 4.79 Å². The van der Waals surface area contributed by atoms with Gasteiger partial charge in [-0.15, -0.1) is 0 Å². The molecule has 0 saturated carbocycles. The quantitative estimate of drug-likeness (QED) is 0.812. The van der Waals surface area contributed by atoms with E-state index in [0.29, 0.717) is 12.2 Å². The highest BCUT2D eigenvalue weighted by atomic mass is 16.1. The second kappa shape index (κ2) is 7.09. The fraction of sp³-hybridized carbons (Fsp3) is 0.571. The third kappa shape index (κ3) is 4.21. The first-order chi connectivity index (χ1) is 9.29. The van der Waals surface area contributed by atoms with Gasteiger partial charge in [-0.25, -0.2) is 0 Å². The molecular formula is C14H22N4O. The van der Waals surface area contributed by atoms with Crippen molar-refractivity contribution in [2.45, 2.75) is 19.8 Å². The lowest BCUT2D eigenvalue weighted by atomic mass is 10.3. The number of aromatic nitrogens is 1. The predicted octanol–water partition coefficient (Wildman–Crippen LogP) is 1.34. The molecule has 1 aliphatic heterocycles. The van der Waals surface area contributed by atoms with Gasteiger partial charge in [0.05, 0.1) is 0 Å². The second-order valence-corrected chi connectivity index (χ2v) is 4.76. The van der Waals surface area contributed by atoms with E-state index in [-0.39, 0.29) is 5.91 Å². The molecule has 1 saturated heterocycles. The summed E-state index contributed by atoms with van der Waals surface area (Å²) < 4.78 is 0. The SMILES string of the molecule is CCNC(=O)c1cc(NCCN2CCCC2)ccn1. The van der Waals surface area contributed by atoms with Crippen LogP contribution in [-0.4, -0.2) is 48.5 Å². The van der Waals surface area contributed by atoms with E-state index >= 15 is 0 Å². The smallest absolute Gasteiger partial charge is 0.269 e. The second-order valence-electron chi connectivity index (χ2n) is 4.76. The zero-order chi connectivity index (χ0) is 13.5. The first-order valence-electron chi connectivity index (χ1n) is 7.00. The number of amides is 1. The molecule has 19 heavy (non-hydrogen) atoms. The summed E-state index contributed by atoms with van der Waals surface area (Å²) in [5, 5.41) is 6.10. The number of carbonyl (C=O) groups excluding carboxylic acids is 1. The van der Waals surface area contributed by atoms with Crippen molar-refractivity contribution < 1.29 is 4.79 Å². The van der Waals surface area contributed by atoms with Gasteiger partial charge in [0.1, 0.15) is 5.69 Å². The highest BCUT2D eigenvalue weighted by molar-refractivity contribution is 5.93. The molecule has 2 heterocycles. The molecule has 1 amide bonds. The Balaban J connectivity index is 1.82. The van der Waals surface area contributed by atoms with Crippen LogP contribution in [0.5, 0.6) is 0 Å². The molecule has 0 bridgehead atoms. The molecule has 5 nitrogen and oxygen atoms in total. The third-order valence-corrected chi connectivity index (χ3v) is 3.29. The van der Waals surface area contributed by atoms with Crippen LogP contribution in [0.15, 0.2) is 18.3 Å². The molecule has 0 aromatic carbocycles. The standard InChI is InChI=1S/C14H22N4O/c1-2-15-14(19)13-11-12(5-6-17-13)16-7-10-18-8-3-4-9-18/h5-6,11H,2-4,7-10H2,1H3,(H,15,19)(H,16,17). The lowest BCUT2D eigenvalue weighted by Gasteiger charge is -2.15. The molecule has 0 atom stereocenters. The first kappa shape index (κ1) is 13.8. The summed E-state index contributed by atoms with van der Waals surface area (Å²) in [7, 11) is 0. The van der Waals surface area contributed by atoms with Crippen molar-refractivity contribution in [2.75, 3.05) is 38.0 Å². The maximum absolute atomic E-state index is 11.7. The fourth-order valence-electron chi connectivity index (χ4n) is 2.28. The Morgan fingerprint density at radius 1 is 1.42 bits per heavy atom. The molecule has 0 spiro atoms. The number of nitrogens with zero attached hydrogens (tertiary/aromatic N) is 2. The van der Waals surface area contributed by atoms with Crippen molar-refractivity contribution in [1.29, 1.82) is 0 Å². The lowest BCUT2D eigenvalue weighted by Crippen LogP contribution is -2.26. The molecule has 0 unspecified atom stereocenters. The molecule has 0 radical (unpaired) electrons. The van der Waals surface area contributed by atoms with Crippen molar-refractivity contribution >= 4 is 11.6 Å². The molecule has 1 fully saturated rings. The van der Waals surface area contributed by atoms with Gasteiger partial charge in [-0.1, -0.05) is 0 Å².